The minimum Gasteiger partial charge on any atom is -0.504 e. The molecule has 0 radical (unpaired) electrons. The maximum Gasteiger partial charge on any atom is 0.333 e. The molecular weight excluding hydrogens is 504 g/mol. The molecule has 12 heteroatoms. The first-order valence-electron chi connectivity index (χ1n) is 11.8. The summed E-state index contributed by atoms with van der Waals surface area (Å²) in [6.07, 6.45) is -2.29. The van der Waals surface area contributed by atoms with Gasteiger partial charge in [0, 0.05) is 5.57 Å². The average molecular weight is 541 g/mol. The Morgan fingerprint density at radius 2 is 2.00 bits per heavy atom. The molecule has 0 saturated heterocycles. The number of ether oxygens (including phenoxy) is 3. The summed E-state index contributed by atoms with van der Waals surface area (Å²) in [4.78, 5) is 22.0. The van der Waals surface area contributed by atoms with Crippen LogP contribution in [0.15, 0.2) is 54.5 Å². The Morgan fingerprint density at radius 1 is 1.29 bits per heavy atom. The zero-order chi connectivity index (χ0) is 28.5. The summed E-state index contributed by atoms with van der Waals surface area (Å²) in [5.74, 6) is -0.986. The molecule has 38 heavy (non-hydrogen) atoms. The number of hydrogen-bond acceptors (Lipinski definition) is 12. The fourth-order valence-corrected chi connectivity index (χ4v) is 3.28. The van der Waals surface area contributed by atoms with Crippen LogP contribution in [0.1, 0.15) is 38.4 Å². The van der Waals surface area contributed by atoms with Crippen molar-refractivity contribution in [1.82, 2.24) is 0 Å². The number of carbonyl (C=O) groups excluding carboxylic acids is 1. The van der Waals surface area contributed by atoms with Gasteiger partial charge in [0.2, 0.25) is 5.76 Å². The average Bonchev–Trinajstić information content (AvgIpc) is 2.89. The molecule has 6 N–H and O–H groups in total. The Labute approximate surface area is 220 Å². The number of esters is 1. The summed E-state index contributed by atoms with van der Waals surface area (Å²) < 4.78 is 15.4. The Bertz CT molecular complexity index is 1000. The van der Waals surface area contributed by atoms with Crippen LogP contribution in [0.25, 0.3) is 0 Å². The van der Waals surface area contributed by atoms with Gasteiger partial charge in [0.25, 0.3) is 0 Å². The van der Waals surface area contributed by atoms with Crippen LogP contribution in [0, 0.1) is 0 Å². The van der Waals surface area contributed by atoms with Crippen LogP contribution in [-0.2, 0) is 24.0 Å². The van der Waals surface area contributed by atoms with Crippen molar-refractivity contribution in [2.75, 3.05) is 20.3 Å². The zero-order valence-corrected chi connectivity index (χ0v) is 21.5. The molecule has 1 heterocycles. The van der Waals surface area contributed by atoms with Crippen molar-refractivity contribution in [2.45, 2.75) is 62.8 Å². The van der Waals surface area contributed by atoms with Crippen LogP contribution in [0.2, 0.25) is 0 Å². The van der Waals surface area contributed by atoms with Crippen LogP contribution in [0.4, 0.5) is 0 Å². The Hall–Kier alpha value is -3.13. The molecule has 0 spiro atoms. The van der Waals surface area contributed by atoms with Crippen molar-refractivity contribution in [3.8, 4) is 11.5 Å². The normalized spacial score (nSPS) is 22.8. The lowest BCUT2D eigenvalue weighted by Crippen LogP contribution is -2.46. The van der Waals surface area contributed by atoms with E-state index in [0.717, 1.165) is 6.26 Å². The van der Waals surface area contributed by atoms with Gasteiger partial charge in [-0.25, -0.2) is 4.79 Å². The van der Waals surface area contributed by atoms with E-state index < -0.39 is 48.7 Å². The van der Waals surface area contributed by atoms with Gasteiger partial charge >= 0.3 is 5.97 Å². The second-order valence-corrected chi connectivity index (χ2v) is 9.03. The number of phenolic OH excluding ortho intramolecular Hbond substituents is 1. The monoisotopic (exact) mass is 540 g/mol. The van der Waals surface area contributed by atoms with Gasteiger partial charge in [-0.2, -0.15) is 4.89 Å². The standard InChI is InChI=1S/C26H36O12/c1-5-26(3,33)10-6-7-15(2)25(32)36-13-20-23(30)24(31)21(14-35-20)38-37-12-18(28)22(29)16-8-9-17(27)19(11-16)34-4/h5,7-9,11,14,18,20,22-24,27-31,33H,1,6,10,12-13H2,2-4H3/b15-7+/t18?,20?,22?,23-,24?,26-/m1/s1. The van der Waals surface area contributed by atoms with Crippen molar-refractivity contribution < 1.29 is 59.4 Å². The highest BCUT2D eigenvalue weighted by molar-refractivity contribution is 5.87. The molecule has 212 valence electrons. The molecule has 0 amide bonds. The molecule has 12 nitrogen and oxygen atoms in total. The van der Waals surface area contributed by atoms with Gasteiger partial charge in [0.15, 0.2) is 17.6 Å². The van der Waals surface area contributed by atoms with E-state index in [1.807, 2.05) is 0 Å². The Balaban J connectivity index is 1.82. The molecule has 2 rings (SSSR count). The highest BCUT2D eigenvalue weighted by atomic mass is 17.2. The molecule has 6 atom stereocenters. The van der Waals surface area contributed by atoms with E-state index in [4.69, 9.17) is 24.0 Å². The van der Waals surface area contributed by atoms with Gasteiger partial charge in [0.05, 0.1) is 12.7 Å². The van der Waals surface area contributed by atoms with Crippen molar-refractivity contribution in [3.63, 3.8) is 0 Å². The summed E-state index contributed by atoms with van der Waals surface area (Å²) in [6.45, 7) is 5.80. The van der Waals surface area contributed by atoms with E-state index in [1.54, 1.807) is 19.9 Å². The summed E-state index contributed by atoms with van der Waals surface area (Å²) in [5.41, 5.74) is -0.501. The molecule has 0 fully saturated rings. The minimum atomic E-state index is -1.59. The van der Waals surface area contributed by atoms with E-state index >= 15 is 0 Å². The Morgan fingerprint density at radius 3 is 2.66 bits per heavy atom. The van der Waals surface area contributed by atoms with Gasteiger partial charge < -0.3 is 49.7 Å². The fourth-order valence-electron chi connectivity index (χ4n) is 3.28. The largest absolute Gasteiger partial charge is 0.504 e. The molecule has 4 unspecified atom stereocenters. The van der Waals surface area contributed by atoms with Crippen LogP contribution in [-0.4, -0.2) is 86.9 Å². The minimum absolute atomic E-state index is 0.108. The first-order chi connectivity index (χ1) is 17.9. The van der Waals surface area contributed by atoms with Crippen LogP contribution >= 0.6 is 0 Å². The van der Waals surface area contributed by atoms with Gasteiger partial charge in [-0.3, -0.25) is 0 Å². The fraction of sp³-hybridized carbons (Fsp3) is 0.500. The second-order valence-electron chi connectivity index (χ2n) is 9.03. The third kappa shape index (κ3) is 8.72. The van der Waals surface area contributed by atoms with Crippen molar-refractivity contribution in [2.24, 2.45) is 0 Å². The predicted molar refractivity (Wildman–Crippen MR) is 132 cm³/mol. The number of methoxy groups -OCH3 is 1. The summed E-state index contributed by atoms with van der Waals surface area (Å²) >= 11 is 0. The van der Waals surface area contributed by atoms with Crippen molar-refractivity contribution in [1.29, 1.82) is 0 Å². The van der Waals surface area contributed by atoms with Crippen molar-refractivity contribution in [3.05, 3.63) is 60.1 Å². The molecule has 0 aliphatic carbocycles. The van der Waals surface area contributed by atoms with E-state index in [0.29, 0.717) is 18.4 Å². The van der Waals surface area contributed by atoms with E-state index in [2.05, 4.69) is 6.58 Å². The van der Waals surface area contributed by atoms with Crippen LogP contribution in [0.5, 0.6) is 11.5 Å². The van der Waals surface area contributed by atoms with Crippen molar-refractivity contribution >= 4 is 5.97 Å². The zero-order valence-electron chi connectivity index (χ0n) is 21.5. The number of aliphatic hydroxyl groups is 5. The molecular formula is C26H36O12. The number of aliphatic hydroxyl groups excluding tert-OH is 4. The predicted octanol–water partition coefficient (Wildman–Crippen LogP) is 0.912. The number of allylic oxidation sites excluding steroid dienone is 1. The number of phenols is 1. The third-order valence-electron chi connectivity index (χ3n) is 5.90. The van der Waals surface area contributed by atoms with Gasteiger partial charge in [-0.1, -0.05) is 18.2 Å². The Kier molecular flexibility index (Phi) is 11.6. The number of carbonyl (C=O) groups is 1. The second kappa shape index (κ2) is 14.1. The first kappa shape index (κ1) is 31.1. The molecule has 0 bridgehead atoms. The highest BCUT2D eigenvalue weighted by Gasteiger charge is 2.37. The lowest BCUT2D eigenvalue weighted by Gasteiger charge is -2.30. The number of benzene rings is 1. The summed E-state index contributed by atoms with van der Waals surface area (Å²) in [7, 11) is 1.34. The molecule has 0 saturated carbocycles. The van der Waals surface area contributed by atoms with E-state index in [9.17, 15) is 35.4 Å². The summed E-state index contributed by atoms with van der Waals surface area (Å²) in [5, 5.41) is 60.6. The lowest BCUT2D eigenvalue weighted by molar-refractivity contribution is -0.297. The maximum absolute atomic E-state index is 12.2. The highest BCUT2D eigenvalue weighted by Crippen LogP contribution is 2.30. The molecule has 1 aliphatic heterocycles. The third-order valence-corrected chi connectivity index (χ3v) is 5.90. The van der Waals surface area contributed by atoms with Crippen LogP contribution in [0.3, 0.4) is 0 Å². The van der Waals surface area contributed by atoms with E-state index in [-0.39, 0.29) is 29.4 Å². The van der Waals surface area contributed by atoms with E-state index in [1.165, 1.54) is 31.4 Å². The molecule has 1 aromatic rings. The SMILES string of the molecule is C=C[C@@](C)(O)CC/C=C(\C)C(=O)OCC1OC=C(OOCC(O)C(O)c2ccc(O)c(OC)c2)C(O)[C@@H]1O. The lowest BCUT2D eigenvalue weighted by atomic mass is 10.00. The number of aromatic hydroxyl groups is 1. The first-order valence-corrected chi connectivity index (χ1v) is 11.8. The molecule has 1 aliphatic rings. The quantitative estimate of drug-likeness (QED) is 0.0645. The van der Waals surface area contributed by atoms with Gasteiger partial charge in [-0.05, 0) is 44.4 Å². The van der Waals surface area contributed by atoms with Crippen LogP contribution < -0.4 is 4.74 Å². The summed E-state index contributed by atoms with van der Waals surface area (Å²) in [6, 6.07) is 4.03. The molecule has 0 aromatic heterocycles. The van der Waals surface area contributed by atoms with Gasteiger partial charge in [0.1, 0.15) is 43.9 Å². The smallest absolute Gasteiger partial charge is 0.333 e. The molecule has 1 aromatic carbocycles. The topological polar surface area (TPSA) is 185 Å². The number of hydrogen-bond donors (Lipinski definition) is 6. The van der Waals surface area contributed by atoms with Gasteiger partial charge in [-0.15, -0.1) is 6.58 Å². The number of rotatable bonds is 14. The maximum atomic E-state index is 12.2.